The highest BCUT2D eigenvalue weighted by Crippen LogP contribution is 2.40. The van der Waals surface area contributed by atoms with Gasteiger partial charge in [0.1, 0.15) is 0 Å². The molecule has 2 aliphatic rings. The van der Waals surface area contributed by atoms with Crippen LogP contribution in [-0.4, -0.2) is 6.04 Å². The first kappa shape index (κ1) is 15.9. The van der Waals surface area contributed by atoms with Crippen molar-refractivity contribution in [1.82, 2.24) is 0 Å². The lowest BCUT2D eigenvalue weighted by atomic mass is 9.71. The van der Waals surface area contributed by atoms with E-state index in [2.05, 4.69) is 55.4 Å². The molecule has 0 spiro atoms. The summed E-state index contributed by atoms with van der Waals surface area (Å²) >= 11 is 7.24. The van der Waals surface area contributed by atoms with Crippen molar-refractivity contribution in [1.29, 1.82) is 0 Å². The average molecular weight is 415 g/mol. The van der Waals surface area contributed by atoms with Crippen LogP contribution in [0.4, 0.5) is 5.69 Å². The summed E-state index contributed by atoms with van der Waals surface area (Å²) in [6.07, 6.45) is 12.9. The van der Waals surface area contributed by atoms with E-state index in [4.69, 9.17) is 0 Å². The van der Waals surface area contributed by atoms with Crippen LogP contribution < -0.4 is 5.32 Å². The van der Waals surface area contributed by atoms with Gasteiger partial charge in [-0.05, 0) is 58.8 Å². The highest BCUT2D eigenvalue weighted by atomic mass is 79.9. The van der Waals surface area contributed by atoms with Gasteiger partial charge in [-0.25, -0.2) is 0 Å². The molecule has 0 amide bonds. The number of anilines is 1. The first-order valence-electron chi connectivity index (χ1n) is 8.45. The molecule has 1 nitrogen and oxygen atoms in total. The summed E-state index contributed by atoms with van der Waals surface area (Å²) in [7, 11) is 0. The van der Waals surface area contributed by atoms with Gasteiger partial charge in [-0.3, -0.25) is 0 Å². The monoisotopic (exact) mass is 413 g/mol. The van der Waals surface area contributed by atoms with E-state index in [0.717, 1.165) is 16.3 Å². The summed E-state index contributed by atoms with van der Waals surface area (Å²) in [5, 5.41) is 3.86. The Morgan fingerprint density at radius 3 is 2.33 bits per heavy atom. The Balaban J connectivity index is 1.71. The van der Waals surface area contributed by atoms with Gasteiger partial charge >= 0.3 is 0 Å². The predicted molar refractivity (Wildman–Crippen MR) is 97.8 cm³/mol. The maximum Gasteiger partial charge on any atom is 0.0487 e. The van der Waals surface area contributed by atoms with Gasteiger partial charge in [0.25, 0.3) is 0 Å². The van der Waals surface area contributed by atoms with Crippen LogP contribution in [0, 0.1) is 11.8 Å². The lowest BCUT2D eigenvalue weighted by Crippen LogP contribution is -2.37. The number of hydrogen-bond donors (Lipinski definition) is 1. The summed E-state index contributed by atoms with van der Waals surface area (Å²) in [6, 6.07) is 7.13. The van der Waals surface area contributed by atoms with Crippen LogP contribution in [-0.2, 0) is 0 Å². The van der Waals surface area contributed by atoms with E-state index < -0.39 is 0 Å². The molecule has 0 heterocycles. The molecule has 2 fully saturated rings. The zero-order valence-electron chi connectivity index (χ0n) is 12.6. The molecular weight excluding hydrogens is 390 g/mol. The summed E-state index contributed by atoms with van der Waals surface area (Å²) in [4.78, 5) is 0. The Hall–Kier alpha value is -0.0200. The maximum absolute atomic E-state index is 3.86. The molecule has 2 unspecified atom stereocenters. The third-order valence-electron chi connectivity index (χ3n) is 5.35. The van der Waals surface area contributed by atoms with Crippen molar-refractivity contribution >= 4 is 37.5 Å². The molecule has 3 rings (SSSR count). The van der Waals surface area contributed by atoms with E-state index in [9.17, 15) is 0 Å². The fraction of sp³-hybridized carbons (Fsp3) is 0.667. The van der Waals surface area contributed by atoms with E-state index in [1.165, 1.54) is 67.9 Å². The van der Waals surface area contributed by atoms with E-state index >= 15 is 0 Å². The molecular formula is C18H25Br2N. The predicted octanol–water partition coefficient (Wildman–Crippen LogP) is 6.76. The molecule has 2 saturated carbocycles. The first-order chi connectivity index (χ1) is 10.2. The molecule has 0 bridgehead atoms. The van der Waals surface area contributed by atoms with Crippen molar-refractivity contribution in [2.24, 2.45) is 11.8 Å². The van der Waals surface area contributed by atoms with E-state index in [-0.39, 0.29) is 0 Å². The normalized spacial score (nSPS) is 27.5. The van der Waals surface area contributed by atoms with Crippen LogP contribution in [0.2, 0.25) is 0 Å². The Morgan fingerprint density at radius 1 is 0.857 bits per heavy atom. The standard InChI is InChI=1S/C18H25Br2N/c19-14-10-11-18(16(20)12-14)21-17-9-5-4-8-15(17)13-6-2-1-3-7-13/h10-13,15,17,21H,1-9H2. The summed E-state index contributed by atoms with van der Waals surface area (Å²) in [5.41, 5.74) is 1.26. The Kier molecular flexibility index (Phi) is 5.66. The largest absolute Gasteiger partial charge is 0.381 e. The minimum atomic E-state index is 0.666. The lowest BCUT2D eigenvalue weighted by Gasteiger charge is -2.40. The first-order valence-corrected chi connectivity index (χ1v) is 10.0. The number of benzene rings is 1. The van der Waals surface area contributed by atoms with Crippen LogP contribution in [0.5, 0.6) is 0 Å². The summed E-state index contributed by atoms with van der Waals surface area (Å²) < 4.78 is 2.30. The van der Waals surface area contributed by atoms with Crippen molar-refractivity contribution in [3.63, 3.8) is 0 Å². The van der Waals surface area contributed by atoms with Crippen molar-refractivity contribution in [2.45, 2.75) is 63.8 Å². The average Bonchev–Trinajstić information content (AvgIpc) is 2.51. The number of halogens is 2. The van der Waals surface area contributed by atoms with E-state index in [0.29, 0.717) is 6.04 Å². The Morgan fingerprint density at radius 2 is 1.57 bits per heavy atom. The van der Waals surface area contributed by atoms with Crippen LogP contribution in [0.1, 0.15) is 57.8 Å². The van der Waals surface area contributed by atoms with Gasteiger partial charge in [-0.2, -0.15) is 0 Å². The quantitative estimate of drug-likeness (QED) is 0.575. The van der Waals surface area contributed by atoms with Crippen molar-refractivity contribution in [3.8, 4) is 0 Å². The van der Waals surface area contributed by atoms with Crippen LogP contribution >= 0.6 is 31.9 Å². The molecule has 0 aliphatic heterocycles. The number of rotatable bonds is 3. The molecule has 2 atom stereocenters. The SMILES string of the molecule is Brc1ccc(NC2CCCCC2C2CCCCC2)c(Br)c1. The lowest BCUT2D eigenvalue weighted by molar-refractivity contribution is 0.180. The van der Waals surface area contributed by atoms with Crippen LogP contribution in [0.25, 0.3) is 0 Å². The molecule has 0 saturated heterocycles. The second kappa shape index (κ2) is 7.50. The molecule has 1 aromatic carbocycles. The third-order valence-corrected chi connectivity index (χ3v) is 6.50. The smallest absolute Gasteiger partial charge is 0.0487 e. The fourth-order valence-electron chi connectivity index (χ4n) is 4.27. The second-order valence-corrected chi connectivity index (χ2v) is 8.49. The molecule has 0 aromatic heterocycles. The molecule has 1 N–H and O–H groups in total. The zero-order valence-corrected chi connectivity index (χ0v) is 15.8. The van der Waals surface area contributed by atoms with E-state index in [1.54, 1.807) is 0 Å². The molecule has 0 radical (unpaired) electrons. The van der Waals surface area contributed by atoms with Gasteiger partial charge in [-0.1, -0.05) is 60.9 Å². The number of nitrogens with one attached hydrogen (secondary N) is 1. The van der Waals surface area contributed by atoms with Crippen molar-refractivity contribution in [2.75, 3.05) is 5.32 Å². The highest BCUT2D eigenvalue weighted by molar-refractivity contribution is 9.11. The minimum Gasteiger partial charge on any atom is -0.381 e. The van der Waals surface area contributed by atoms with E-state index in [1.807, 2.05) is 0 Å². The van der Waals surface area contributed by atoms with Gasteiger partial charge in [0.2, 0.25) is 0 Å². The van der Waals surface area contributed by atoms with Crippen molar-refractivity contribution in [3.05, 3.63) is 27.1 Å². The Bertz CT molecular complexity index is 468. The highest BCUT2D eigenvalue weighted by Gasteiger charge is 2.32. The molecule has 2 aliphatic carbocycles. The topological polar surface area (TPSA) is 12.0 Å². The molecule has 116 valence electrons. The number of hydrogen-bond acceptors (Lipinski definition) is 1. The molecule has 3 heteroatoms. The third kappa shape index (κ3) is 4.04. The van der Waals surface area contributed by atoms with Gasteiger partial charge in [0.15, 0.2) is 0 Å². The maximum atomic E-state index is 3.86. The van der Waals surface area contributed by atoms with Crippen LogP contribution in [0.3, 0.4) is 0 Å². The van der Waals surface area contributed by atoms with Gasteiger partial charge < -0.3 is 5.32 Å². The van der Waals surface area contributed by atoms with Gasteiger partial charge in [0.05, 0.1) is 0 Å². The van der Waals surface area contributed by atoms with Crippen molar-refractivity contribution < 1.29 is 0 Å². The minimum absolute atomic E-state index is 0.666. The Labute approximate surface area is 145 Å². The van der Waals surface area contributed by atoms with Gasteiger partial charge in [-0.15, -0.1) is 0 Å². The van der Waals surface area contributed by atoms with Crippen LogP contribution in [0.15, 0.2) is 27.1 Å². The molecule has 1 aromatic rings. The summed E-state index contributed by atoms with van der Waals surface area (Å²) in [6.45, 7) is 0. The second-order valence-electron chi connectivity index (χ2n) is 6.72. The van der Waals surface area contributed by atoms with Gasteiger partial charge in [0, 0.05) is 20.7 Å². The zero-order chi connectivity index (χ0) is 14.7. The molecule has 21 heavy (non-hydrogen) atoms. The summed E-state index contributed by atoms with van der Waals surface area (Å²) in [5.74, 6) is 1.85. The fourth-order valence-corrected chi connectivity index (χ4v) is 5.43.